The van der Waals surface area contributed by atoms with E-state index in [2.05, 4.69) is 5.32 Å². The van der Waals surface area contributed by atoms with Crippen molar-refractivity contribution in [1.29, 1.82) is 0 Å². The average Bonchev–Trinajstić information content (AvgIpc) is 3.13. The van der Waals surface area contributed by atoms with Gasteiger partial charge in [-0.1, -0.05) is 18.6 Å². The summed E-state index contributed by atoms with van der Waals surface area (Å²) in [6.45, 7) is 4.47. The predicted molar refractivity (Wildman–Crippen MR) is 129 cm³/mol. The molecule has 1 N–H and O–H groups in total. The number of sulfonamides is 1. The molecule has 2 aromatic carbocycles. The van der Waals surface area contributed by atoms with Gasteiger partial charge in [-0.2, -0.15) is 4.31 Å². The van der Waals surface area contributed by atoms with E-state index in [0.717, 1.165) is 19.3 Å². The van der Waals surface area contributed by atoms with Crippen LogP contribution in [0.25, 0.3) is 5.69 Å². The Kier molecular flexibility index (Phi) is 6.77. The molecule has 0 bridgehead atoms. The van der Waals surface area contributed by atoms with E-state index in [1.807, 2.05) is 0 Å². The van der Waals surface area contributed by atoms with Crippen molar-refractivity contribution in [2.45, 2.75) is 38.0 Å². The number of hydrogen-bond acceptors (Lipinski definition) is 4. The summed E-state index contributed by atoms with van der Waals surface area (Å²) in [5.74, 6) is -0.581. The van der Waals surface area contributed by atoms with Crippen LogP contribution in [0.3, 0.4) is 0 Å². The number of ether oxygens (including phenoxy) is 1. The number of para-hydroxylation sites is 1. The van der Waals surface area contributed by atoms with Gasteiger partial charge in [0.05, 0.1) is 18.4 Å². The van der Waals surface area contributed by atoms with Crippen molar-refractivity contribution in [3.8, 4) is 11.4 Å². The molecule has 0 unspecified atom stereocenters. The third-order valence-electron chi connectivity index (χ3n) is 6.12. The molecule has 1 aromatic heterocycles. The number of carbonyl (C=O) groups excluding carboxylic acids is 1. The number of benzene rings is 2. The maximum Gasteiger partial charge on any atom is 0.257 e. The van der Waals surface area contributed by atoms with Crippen LogP contribution in [-0.2, 0) is 10.0 Å². The average molecular weight is 486 g/mol. The number of rotatable bonds is 6. The summed E-state index contributed by atoms with van der Waals surface area (Å²) in [5.41, 5.74) is 2.34. The van der Waals surface area contributed by atoms with Crippen molar-refractivity contribution < 1.29 is 22.3 Å². The molecular weight excluding hydrogens is 457 g/mol. The number of piperidine rings is 1. The van der Waals surface area contributed by atoms with Crippen molar-refractivity contribution in [2.24, 2.45) is 0 Å². The van der Waals surface area contributed by atoms with E-state index in [9.17, 15) is 17.6 Å². The smallest absolute Gasteiger partial charge is 0.257 e. The summed E-state index contributed by atoms with van der Waals surface area (Å²) in [4.78, 5) is 13.1. The molecule has 3 aromatic rings. The van der Waals surface area contributed by atoms with Crippen molar-refractivity contribution in [3.05, 3.63) is 71.3 Å². The SMILES string of the molecule is COc1ccc(NC(=O)c2cc(C)n(-c3ccccc3F)c2C)cc1S(=O)(=O)N1CCCCC1. The Morgan fingerprint density at radius 1 is 1.03 bits per heavy atom. The normalized spacial score (nSPS) is 14.7. The highest BCUT2D eigenvalue weighted by Crippen LogP contribution is 2.32. The molecule has 34 heavy (non-hydrogen) atoms. The minimum atomic E-state index is -3.77. The van der Waals surface area contributed by atoms with Crippen LogP contribution in [0.4, 0.5) is 10.1 Å². The zero-order valence-electron chi connectivity index (χ0n) is 19.5. The van der Waals surface area contributed by atoms with Gasteiger partial charge >= 0.3 is 0 Å². The van der Waals surface area contributed by atoms with Gasteiger partial charge in [0, 0.05) is 30.2 Å². The summed E-state index contributed by atoms with van der Waals surface area (Å²) in [6.07, 6.45) is 2.63. The van der Waals surface area contributed by atoms with Gasteiger partial charge in [0.25, 0.3) is 5.91 Å². The molecule has 9 heteroatoms. The fourth-order valence-electron chi connectivity index (χ4n) is 4.40. The molecule has 1 fully saturated rings. The van der Waals surface area contributed by atoms with Crippen molar-refractivity contribution in [2.75, 3.05) is 25.5 Å². The Bertz CT molecular complexity index is 1330. The number of anilines is 1. The Morgan fingerprint density at radius 3 is 2.41 bits per heavy atom. The standard InChI is InChI=1S/C25H28FN3O4S/c1-17-15-20(18(2)29(17)22-10-6-5-9-21(22)26)25(30)27-19-11-12-23(33-3)24(16-19)34(31,32)28-13-7-4-8-14-28/h5-6,9-12,15-16H,4,7-8,13-14H2,1-3H3,(H,27,30). The number of amides is 1. The number of carbonyl (C=O) groups is 1. The lowest BCUT2D eigenvalue weighted by Crippen LogP contribution is -2.35. The maximum atomic E-state index is 14.4. The molecule has 0 saturated carbocycles. The van der Waals surface area contributed by atoms with Gasteiger partial charge < -0.3 is 14.6 Å². The minimum absolute atomic E-state index is 0.0199. The lowest BCUT2D eigenvalue weighted by atomic mass is 10.2. The lowest BCUT2D eigenvalue weighted by molar-refractivity contribution is 0.102. The molecule has 7 nitrogen and oxygen atoms in total. The van der Waals surface area contributed by atoms with Gasteiger partial charge in [0.2, 0.25) is 10.0 Å². The summed E-state index contributed by atoms with van der Waals surface area (Å²) >= 11 is 0. The second-order valence-electron chi connectivity index (χ2n) is 8.36. The topological polar surface area (TPSA) is 80.6 Å². The van der Waals surface area contributed by atoms with E-state index in [1.165, 1.54) is 29.6 Å². The highest BCUT2D eigenvalue weighted by Gasteiger charge is 2.29. The van der Waals surface area contributed by atoms with Gasteiger partial charge in [0.1, 0.15) is 16.5 Å². The molecule has 1 aliphatic heterocycles. The monoisotopic (exact) mass is 485 g/mol. The molecule has 0 atom stereocenters. The Morgan fingerprint density at radius 2 is 1.74 bits per heavy atom. The van der Waals surface area contributed by atoms with E-state index >= 15 is 0 Å². The first-order valence-electron chi connectivity index (χ1n) is 11.2. The summed E-state index contributed by atoms with van der Waals surface area (Å²) in [6, 6.07) is 12.6. The van der Waals surface area contributed by atoms with Gasteiger partial charge in [-0.05, 0) is 63.1 Å². The first-order chi connectivity index (χ1) is 16.2. The first-order valence-corrected chi connectivity index (χ1v) is 12.6. The summed E-state index contributed by atoms with van der Waals surface area (Å²) < 4.78 is 49.4. The fourth-order valence-corrected chi connectivity index (χ4v) is 6.09. The van der Waals surface area contributed by atoms with Crippen molar-refractivity contribution in [1.82, 2.24) is 8.87 Å². The van der Waals surface area contributed by atoms with E-state index in [0.29, 0.717) is 41.4 Å². The molecule has 0 aliphatic carbocycles. The molecule has 1 saturated heterocycles. The quantitative estimate of drug-likeness (QED) is 0.550. The molecule has 180 valence electrons. The number of nitrogens with one attached hydrogen (secondary N) is 1. The molecule has 1 aliphatic rings. The first kappa shape index (κ1) is 24.0. The van der Waals surface area contributed by atoms with Crippen LogP contribution in [0.1, 0.15) is 41.0 Å². The summed E-state index contributed by atoms with van der Waals surface area (Å²) in [5, 5.41) is 2.79. The van der Waals surface area contributed by atoms with E-state index in [1.54, 1.807) is 48.7 Å². The molecule has 0 spiro atoms. The van der Waals surface area contributed by atoms with E-state index in [-0.39, 0.29) is 16.5 Å². The van der Waals surface area contributed by atoms with Gasteiger partial charge in [-0.15, -0.1) is 0 Å². The maximum absolute atomic E-state index is 14.4. The molecule has 4 rings (SSSR count). The van der Waals surface area contributed by atoms with Crippen LogP contribution in [0.15, 0.2) is 53.4 Å². The molecule has 0 radical (unpaired) electrons. The van der Waals surface area contributed by atoms with Crippen LogP contribution in [-0.4, -0.2) is 43.4 Å². The van der Waals surface area contributed by atoms with Crippen LogP contribution in [0, 0.1) is 19.7 Å². The second-order valence-corrected chi connectivity index (χ2v) is 10.3. The molecule has 2 heterocycles. The van der Waals surface area contributed by atoms with Gasteiger partial charge in [0.15, 0.2) is 0 Å². The number of hydrogen-bond donors (Lipinski definition) is 1. The van der Waals surface area contributed by atoms with Crippen LogP contribution in [0.5, 0.6) is 5.75 Å². The number of aryl methyl sites for hydroxylation is 1. The zero-order valence-corrected chi connectivity index (χ0v) is 20.3. The third-order valence-corrected chi connectivity index (χ3v) is 8.04. The predicted octanol–water partition coefficient (Wildman–Crippen LogP) is 4.67. The molecule has 1 amide bonds. The van der Waals surface area contributed by atoms with E-state index in [4.69, 9.17) is 4.74 Å². The lowest BCUT2D eigenvalue weighted by Gasteiger charge is -2.26. The fraction of sp³-hybridized carbons (Fsp3) is 0.320. The third kappa shape index (κ3) is 4.45. The highest BCUT2D eigenvalue weighted by molar-refractivity contribution is 7.89. The molecular formula is C25H28FN3O4S. The zero-order chi connectivity index (χ0) is 24.5. The van der Waals surface area contributed by atoms with Gasteiger partial charge in [-0.25, -0.2) is 12.8 Å². The van der Waals surface area contributed by atoms with Crippen molar-refractivity contribution >= 4 is 21.6 Å². The van der Waals surface area contributed by atoms with Crippen LogP contribution >= 0.6 is 0 Å². The Hall–Kier alpha value is -3.17. The highest BCUT2D eigenvalue weighted by atomic mass is 32.2. The van der Waals surface area contributed by atoms with E-state index < -0.39 is 15.9 Å². The second kappa shape index (κ2) is 9.60. The summed E-state index contributed by atoms with van der Waals surface area (Å²) in [7, 11) is -2.35. The number of aromatic nitrogens is 1. The number of methoxy groups -OCH3 is 1. The van der Waals surface area contributed by atoms with Crippen LogP contribution < -0.4 is 10.1 Å². The van der Waals surface area contributed by atoms with Gasteiger partial charge in [-0.3, -0.25) is 4.79 Å². The minimum Gasteiger partial charge on any atom is -0.495 e. The van der Waals surface area contributed by atoms with Crippen LogP contribution in [0.2, 0.25) is 0 Å². The van der Waals surface area contributed by atoms with Crippen molar-refractivity contribution in [3.63, 3.8) is 0 Å². The number of halogens is 1. The Balaban J connectivity index is 1.65. The Labute approximate surface area is 199 Å². The largest absolute Gasteiger partial charge is 0.495 e. The number of nitrogens with zero attached hydrogens (tertiary/aromatic N) is 2.